The number of carboxylic acid groups (broad SMARTS) is 1. The van der Waals surface area contributed by atoms with Crippen molar-refractivity contribution in [3.8, 4) is 11.5 Å². The van der Waals surface area contributed by atoms with E-state index < -0.39 is 11.4 Å². The molecule has 9 heteroatoms. The van der Waals surface area contributed by atoms with Gasteiger partial charge in [0, 0.05) is 22.2 Å². The summed E-state index contributed by atoms with van der Waals surface area (Å²) in [7, 11) is 0. The van der Waals surface area contributed by atoms with E-state index in [4.69, 9.17) is 9.47 Å². The molecule has 2 aromatic heterocycles. The molecule has 0 aliphatic heterocycles. The molecule has 2 heterocycles. The van der Waals surface area contributed by atoms with Crippen molar-refractivity contribution in [2.24, 2.45) is 0 Å². The summed E-state index contributed by atoms with van der Waals surface area (Å²) < 4.78 is 38.9. The average Bonchev–Trinajstić information content (AvgIpc) is 3.05. The largest absolute Gasteiger partial charge is 1.00 e. The van der Waals surface area contributed by atoms with Gasteiger partial charge in [-0.3, -0.25) is 0 Å². The molecular weight excluding hydrogens is 597 g/mol. The van der Waals surface area contributed by atoms with Crippen LogP contribution in [-0.4, -0.2) is 15.9 Å². The van der Waals surface area contributed by atoms with Crippen molar-refractivity contribution in [1.82, 2.24) is 9.97 Å². The van der Waals surface area contributed by atoms with Crippen LogP contribution in [0.3, 0.4) is 0 Å². The second kappa shape index (κ2) is 14.4. The van der Waals surface area contributed by atoms with E-state index >= 15 is 0 Å². The first-order valence-corrected chi connectivity index (χ1v) is 14.5. The third kappa shape index (κ3) is 7.70. The fraction of sp³-hybridized carbons (Fsp3) is 0.162. The Morgan fingerprint density at radius 3 is 1.52 bits per heavy atom. The van der Waals surface area contributed by atoms with Gasteiger partial charge in [-0.2, -0.15) is 0 Å². The van der Waals surface area contributed by atoms with Gasteiger partial charge in [0.05, 0.1) is 22.4 Å². The summed E-state index contributed by atoms with van der Waals surface area (Å²) in [6.45, 7) is 2.48. The average molecular weight is 627 g/mol. The number of benzene rings is 4. The van der Waals surface area contributed by atoms with Crippen LogP contribution in [0.25, 0.3) is 21.8 Å². The van der Waals surface area contributed by atoms with Crippen LogP contribution in [0.2, 0.25) is 0 Å². The monoisotopic (exact) mass is 626 g/mol. The van der Waals surface area contributed by atoms with Crippen LogP contribution in [-0.2, 0) is 23.4 Å². The number of hydrogen-bond donors (Lipinski definition) is 0. The van der Waals surface area contributed by atoms with E-state index in [-0.39, 0.29) is 60.8 Å². The van der Waals surface area contributed by atoms with Gasteiger partial charge in [0.2, 0.25) is 0 Å². The predicted octanol–water partition coefficient (Wildman–Crippen LogP) is 4.06. The summed E-state index contributed by atoms with van der Waals surface area (Å²) in [5.41, 5.74) is 4.03. The molecule has 0 aliphatic carbocycles. The molecule has 226 valence electrons. The molecule has 0 unspecified atom stereocenters. The molecule has 46 heavy (non-hydrogen) atoms. The van der Waals surface area contributed by atoms with Crippen molar-refractivity contribution in [3.05, 3.63) is 143 Å². The van der Waals surface area contributed by atoms with Gasteiger partial charge in [-0.15, -0.1) is 0 Å². The fourth-order valence-corrected chi connectivity index (χ4v) is 5.40. The Morgan fingerprint density at radius 1 is 0.674 bits per heavy atom. The fourth-order valence-electron chi connectivity index (χ4n) is 5.40. The molecule has 6 aromatic rings. The van der Waals surface area contributed by atoms with Gasteiger partial charge in [-0.05, 0) is 96.8 Å². The minimum absolute atomic E-state index is 0. The van der Waals surface area contributed by atoms with Gasteiger partial charge in [0.25, 0.3) is 0 Å². The standard InChI is InChI=1S/C37H30F2N2O4.Na/c1-37(19-18-36(42)43,26-4-12-32(13-5-26)44-22-30-10-2-24-20-28(38)8-16-34(24)40-30)27-6-14-33(15-7-27)45-23-31-11-3-25-21-29(39)9-17-35(25)41-31;/h2-17,20-21H,18-19,22-23H2,1H3,(H,42,43);/q;+1/p-1. The van der Waals surface area contributed by atoms with Crippen LogP contribution in [0, 0.1) is 11.6 Å². The maximum absolute atomic E-state index is 13.5. The van der Waals surface area contributed by atoms with E-state index in [0.29, 0.717) is 40.3 Å². The van der Waals surface area contributed by atoms with Crippen molar-refractivity contribution >= 4 is 27.8 Å². The zero-order chi connectivity index (χ0) is 31.4. The number of aliphatic carboxylic acids is 1. The van der Waals surface area contributed by atoms with Crippen LogP contribution < -0.4 is 44.1 Å². The first kappa shape index (κ1) is 33.0. The van der Waals surface area contributed by atoms with Gasteiger partial charge in [-0.25, -0.2) is 18.7 Å². The van der Waals surface area contributed by atoms with Crippen molar-refractivity contribution < 1.29 is 57.7 Å². The molecule has 0 bridgehead atoms. The van der Waals surface area contributed by atoms with Crippen molar-refractivity contribution in [1.29, 1.82) is 0 Å². The minimum Gasteiger partial charge on any atom is -0.550 e. The Kier molecular flexibility index (Phi) is 10.3. The van der Waals surface area contributed by atoms with E-state index in [1.54, 1.807) is 24.3 Å². The smallest absolute Gasteiger partial charge is 0.550 e. The van der Waals surface area contributed by atoms with Crippen molar-refractivity contribution in [3.63, 3.8) is 0 Å². The molecule has 0 spiro atoms. The van der Waals surface area contributed by atoms with Crippen molar-refractivity contribution in [2.75, 3.05) is 0 Å². The number of fused-ring (bicyclic) bond motifs is 2. The summed E-state index contributed by atoms with van der Waals surface area (Å²) in [4.78, 5) is 20.5. The number of nitrogens with zero attached hydrogens (tertiary/aromatic N) is 2. The predicted molar refractivity (Wildman–Crippen MR) is 166 cm³/mol. The summed E-state index contributed by atoms with van der Waals surface area (Å²) in [6, 6.07) is 31.3. The van der Waals surface area contributed by atoms with Gasteiger partial charge in [-0.1, -0.05) is 43.3 Å². The summed E-state index contributed by atoms with van der Waals surface area (Å²) in [5.74, 6) is -0.452. The third-order valence-electron chi connectivity index (χ3n) is 8.00. The molecule has 0 saturated heterocycles. The summed E-state index contributed by atoms with van der Waals surface area (Å²) in [6.07, 6.45) is 0.223. The van der Waals surface area contributed by atoms with E-state index in [9.17, 15) is 18.7 Å². The number of carboxylic acids is 1. The topological polar surface area (TPSA) is 84.4 Å². The molecule has 0 atom stereocenters. The second-order valence-corrected chi connectivity index (χ2v) is 11.1. The Balaban J connectivity index is 0.00000417. The summed E-state index contributed by atoms with van der Waals surface area (Å²) in [5, 5.41) is 12.9. The number of rotatable bonds is 11. The molecule has 0 N–H and O–H groups in total. The van der Waals surface area contributed by atoms with Gasteiger partial charge >= 0.3 is 29.6 Å². The maximum atomic E-state index is 13.5. The molecule has 6 nitrogen and oxygen atoms in total. The zero-order valence-electron chi connectivity index (χ0n) is 25.5. The number of hydrogen-bond acceptors (Lipinski definition) is 6. The van der Waals surface area contributed by atoms with E-state index in [2.05, 4.69) is 9.97 Å². The minimum atomic E-state index is -1.11. The van der Waals surface area contributed by atoms with Crippen LogP contribution in [0.5, 0.6) is 11.5 Å². The first-order chi connectivity index (χ1) is 21.7. The Morgan fingerprint density at radius 2 is 1.11 bits per heavy atom. The second-order valence-electron chi connectivity index (χ2n) is 11.1. The number of pyridine rings is 2. The molecule has 0 amide bonds. The molecule has 0 saturated carbocycles. The van der Waals surface area contributed by atoms with Gasteiger partial charge in [0.15, 0.2) is 0 Å². The van der Waals surface area contributed by atoms with E-state index in [1.807, 2.05) is 67.6 Å². The molecule has 6 rings (SSSR count). The van der Waals surface area contributed by atoms with Gasteiger partial charge < -0.3 is 19.4 Å². The number of aromatic nitrogens is 2. The molecule has 0 aliphatic rings. The number of carbonyl (C=O) groups excluding carboxylic acids is 1. The maximum Gasteiger partial charge on any atom is 1.00 e. The SMILES string of the molecule is CC(CCC(=O)[O-])(c1ccc(OCc2ccc3cc(F)ccc3n2)cc1)c1ccc(OCc2ccc3cc(F)ccc3n2)cc1.[Na+]. The number of ether oxygens (including phenoxy) is 2. The Hall–Kier alpha value is -4.37. The van der Waals surface area contributed by atoms with Gasteiger partial charge in [0.1, 0.15) is 36.3 Å². The molecular formula is C37H29F2N2NaO4. The van der Waals surface area contributed by atoms with Crippen LogP contribution in [0.1, 0.15) is 42.3 Å². The molecule has 0 fully saturated rings. The molecule has 0 radical (unpaired) electrons. The first-order valence-electron chi connectivity index (χ1n) is 14.5. The normalized spacial score (nSPS) is 11.3. The number of carbonyl (C=O) groups is 1. The Bertz CT molecular complexity index is 1850. The third-order valence-corrected chi connectivity index (χ3v) is 8.00. The van der Waals surface area contributed by atoms with E-state index in [1.165, 1.54) is 24.3 Å². The Labute approximate surface area is 287 Å². The summed E-state index contributed by atoms with van der Waals surface area (Å²) >= 11 is 0. The molecule has 4 aromatic carbocycles. The van der Waals surface area contributed by atoms with Crippen LogP contribution >= 0.6 is 0 Å². The number of halogens is 2. The van der Waals surface area contributed by atoms with Crippen LogP contribution in [0.4, 0.5) is 8.78 Å². The quantitative estimate of drug-likeness (QED) is 0.202. The van der Waals surface area contributed by atoms with Crippen LogP contribution in [0.15, 0.2) is 109 Å². The zero-order valence-corrected chi connectivity index (χ0v) is 27.5. The van der Waals surface area contributed by atoms with E-state index in [0.717, 1.165) is 21.9 Å². The van der Waals surface area contributed by atoms with Crippen molar-refractivity contribution in [2.45, 2.75) is 38.4 Å².